The molecule has 0 saturated heterocycles. The fraction of sp³-hybridized carbons (Fsp3) is 0.318. The quantitative estimate of drug-likeness (QED) is 0.323. The predicted molar refractivity (Wildman–Crippen MR) is 121 cm³/mol. The molecule has 0 spiro atoms. The van der Waals surface area contributed by atoms with Gasteiger partial charge in [-0.25, -0.2) is 4.68 Å². The van der Waals surface area contributed by atoms with Crippen LogP contribution in [0.25, 0.3) is 0 Å². The first kappa shape index (κ1) is 24.3. The molecule has 1 aromatic heterocycles. The lowest BCUT2D eigenvalue weighted by Crippen LogP contribution is -2.27. The van der Waals surface area contributed by atoms with E-state index in [1.165, 1.54) is 28.6 Å². The number of rotatable bonds is 11. The Morgan fingerprint density at radius 3 is 2.48 bits per heavy atom. The number of nitrogens with one attached hydrogen (secondary N) is 1. The Labute approximate surface area is 194 Å². The molecular weight excluding hydrogens is 452 g/mol. The molecule has 0 aliphatic carbocycles. The number of hydrogen-bond acceptors (Lipinski definition) is 7. The van der Waals surface area contributed by atoms with Crippen molar-refractivity contribution in [1.82, 2.24) is 20.2 Å². The largest absolute Gasteiger partial charge is 0.486 e. The molecule has 2 aromatic carbocycles. The van der Waals surface area contributed by atoms with E-state index >= 15 is 0 Å². The number of aryl methyl sites for hydroxylation is 2. The molecular formula is C22H25F2N5O3S. The second-order valence-corrected chi connectivity index (χ2v) is 8.23. The van der Waals surface area contributed by atoms with E-state index in [1.54, 1.807) is 12.1 Å². The molecule has 8 nitrogen and oxygen atoms in total. The molecule has 33 heavy (non-hydrogen) atoms. The molecule has 0 fully saturated rings. The summed E-state index contributed by atoms with van der Waals surface area (Å²) in [4.78, 5) is 12.1. The minimum atomic E-state index is -2.85. The number of halogens is 2. The third-order valence-electron chi connectivity index (χ3n) is 4.52. The normalized spacial score (nSPS) is 10.9. The summed E-state index contributed by atoms with van der Waals surface area (Å²) in [6, 6.07) is 12.2. The lowest BCUT2D eigenvalue weighted by atomic mass is 10.1. The maximum atomic E-state index is 12.2. The highest BCUT2D eigenvalue weighted by molar-refractivity contribution is 7.99. The zero-order valence-corrected chi connectivity index (χ0v) is 19.1. The fourth-order valence-corrected chi connectivity index (χ4v) is 3.74. The molecule has 0 aliphatic rings. The number of aromatic nitrogens is 3. The zero-order valence-electron chi connectivity index (χ0n) is 18.3. The summed E-state index contributed by atoms with van der Waals surface area (Å²) in [7, 11) is 0. The number of alkyl halides is 2. The summed E-state index contributed by atoms with van der Waals surface area (Å²) in [6.07, 6.45) is 0.554. The highest BCUT2D eigenvalue weighted by Crippen LogP contribution is 2.19. The van der Waals surface area contributed by atoms with Crippen LogP contribution in [-0.4, -0.2) is 39.7 Å². The van der Waals surface area contributed by atoms with Crippen LogP contribution < -0.4 is 20.6 Å². The molecule has 3 N–H and O–H groups in total. The molecule has 0 aliphatic heterocycles. The first-order chi connectivity index (χ1) is 15.8. The zero-order chi connectivity index (χ0) is 23.8. The molecule has 0 atom stereocenters. The van der Waals surface area contributed by atoms with Crippen LogP contribution in [0.15, 0.2) is 47.6 Å². The Hall–Kier alpha value is -3.34. The van der Waals surface area contributed by atoms with Gasteiger partial charge in [-0.3, -0.25) is 4.79 Å². The number of hydrogen-bond donors (Lipinski definition) is 2. The Bertz CT molecular complexity index is 1060. The van der Waals surface area contributed by atoms with Crippen LogP contribution in [0.4, 0.5) is 8.78 Å². The number of carbonyl (C=O) groups is 1. The standard InChI is InChI=1S/C22H25F2N5O3S/c1-14-9-15(2)11-18(10-14)31-12-19-27-28-22(29(19)25)33-13-20(30)26-8-7-16-3-5-17(6-4-16)32-21(23)24/h3-6,9-11,21H,7-8,12-13,25H2,1-2H3,(H,26,30). The molecule has 1 heterocycles. The summed E-state index contributed by atoms with van der Waals surface area (Å²) >= 11 is 1.17. The van der Waals surface area contributed by atoms with Crippen molar-refractivity contribution in [3.8, 4) is 11.5 Å². The van der Waals surface area contributed by atoms with Crippen LogP contribution in [0.5, 0.6) is 11.5 Å². The number of carbonyl (C=O) groups excluding carboxylic acids is 1. The van der Waals surface area contributed by atoms with Gasteiger partial charge in [0.1, 0.15) is 18.1 Å². The third-order valence-corrected chi connectivity index (χ3v) is 5.46. The number of nitrogens with two attached hydrogens (primary N) is 1. The van der Waals surface area contributed by atoms with Gasteiger partial charge in [-0.2, -0.15) is 8.78 Å². The van der Waals surface area contributed by atoms with Crippen molar-refractivity contribution in [2.24, 2.45) is 0 Å². The number of amides is 1. The van der Waals surface area contributed by atoms with Gasteiger partial charge < -0.3 is 20.6 Å². The first-order valence-corrected chi connectivity index (χ1v) is 11.1. The maximum absolute atomic E-state index is 12.2. The minimum absolute atomic E-state index is 0.0962. The summed E-state index contributed by atoms with van der Waals surface area (Å²) in [6.45, 7) is 1.69. The number of thioether (sulfide) groups is 1. The molecule has 176 valence electrons. The highest BCUT2D eigenvalue weighted by Gasteiger charge is 2.13. The second-order valence-electron chi connectivity index (χ2n) is 7.29. The average molecular weight is 478 g/mol. The second kappa shape index (κ2) is 11.5. The van der Waals surface area contributed by atoms with E-state index in [9.17, 15) is 13.6 Å². The predicted octanol–water partition coefficient (Wildman–Crippen LogP) is 3.24. The summed E-state index contributed by atoms with van der Waals surface area (Å²) in [5.74, 6) is 7.23. The fourth-order valence-electron chi connectivity index (χ4n) is 3.03. The van der Waals surface area contributed by atoms with Gasteiger partial charge in [0.25, 0.3) is 0 Å². The lowest BCUT2D eigenvalue weighted by Gasteiger charge is -2.08. The number of ether oxygens (including phenoxy) is 2. The van der Waals surface area contributed by atoms with Crippen molar-refractivity contribution in [2.45, 2.75) is 38.6 Å². The van der Waals surface area contributed by atoms with Gasteiger partial charge in [-0.05, 0) is 61.2 Å². The molecule has 0 unspecified atom stereocenters. The first-order valence-electron chi connectivity index (χ1n) is 10.1. The minimum Gasteiger partial charge on any atom is -0.486 e. The molecule has 0 radical (unpaired) electrons. The van der Waals surface area contributed by atoms with Crippen molar-refractivity contribution < 1.29 is 23.0 Å². The van der Waals surface area contributed by atoms with Gasteiger partial charge >= 0.3 is 6.61 Å². The monoisotopic (exact) mass is 477 g/mol. The van der Waals surface area contributed by atoms with Crippen LogP contribution in [0.1, 0.15) is 22.5 Å². The van der Waals surface area contributed by atoms with Crippen molar-refractivity contribution in [2.75, 3.05) is 18.1 Å². The third kappa shape index (κ3) is 7.63. The van der Waals surface area contributed by atoms with Gasteiger partial charge in [0.15, 0.2) is 5.82 Å². The van der Waals surface area contributed by atoms with Gasteiger partial charge in [-0.1, -0.05) is 30.0 Å². The van der Waals surface area contributed by atoms with E-state index < -0.39 is 6.61 Å². The van der Waals surface area contributed by atoms with Crippen LogP contribution in [0, 0.1) is 13.8 Å². The Morgan fingerprint density at radius 1 is 1.12 bits per heavy atom. The van der Waals surface area contributed by atoms with E-state index in [1.807, 2.05) is 26.0 Å². The summed E-state index contributed by atoms with van der Waals surface area (Å²) < 4.78 is 35.7. The Balaban J connectivity index is 1.40. The number of benzene rings is 2. The average Bonchev–Trinajstić information content (AvgIpc) is 3.10. The molecule has 3 aromatic rings. The van der Waals surface area contributed by atoms with E-state index in [-0.39, 0.29) is 24.0 Å². The number of nitrogens with zero attached hydrogens (tertiary/aromatic N) is 3. The highest BCUT2D eigenvalue weighted by atomic mass is 32.2. The van der Waals surface area contributed by atoms with Crippen molar-refractivity contribution in [3.05, 3.63) is 65.0 Å². The van der Waals surface area contributed by atoms with Crippen LogP contribution >= 0.6 is 11.8 Å². The van der Waals surface area contributed by atoms with E-state index in [0.717, 1.165) is 22.4 Å². The van der Waals surface area contributed by atoms with E-state index in [0.29, 0.717) is 23.9 Å². The smallest absolute Gasteiger partial charge is 0.387 e. The SMILES string of the molecule is Cc1cc(C)cc(OCc2nnc(SCC(=O)NCCc3ccc(OC(F)F)cc3)n2N)c1. The molecule has 1 amide bonds. The Kier molecular flexibility index (Phi) is 8.47. The van der Waals surface area contributed by atoms with Crippen LogP contribution in [-0.2, 0) is 17.8 Å². The molecule has 0 saturated carbocycles. The van der Waals surface area contributed by atoms with Gasteiger partial charge in [0.2, 0.25) is 11.1 Å². The molecule has 3 rings (SSSR count). The summed E-state index contributed by atoms with van der Waals surface area (Å²) in [5, 5.41) is 11.3. The summed E-state index contributed by atoms with van der Waals surface area (Å²) in [5.41, 5.74) is 3.08. The maximum Gasteiger partial charge on any atom is 0.387 e. The Morgan fingerprint density at radius 2 is 1.82 bits per heavy atom. The van der Waals surface area contributed by atoms with Gasteiger partial charge in [0, 0.05) is 6.54 Å². The topological polar surface area (TPSA) is 104 Å². The lowest BCUT2D eigenvalue weighted by molar-refractivity contribution is -0.118. The molecule has 0 bridgehead atoms. The van der Waals surface area contributed by atoms with Crippen molar-refractivity contribution in [3.63, 3.8) is 0 Å². The van der Waals surface area contributed by atoms with E-state index in [4.69, 9.17) is 10.6 Å². The number of nitrogen functional groups attached to an aromatic ring is 1. The van der Waals surface area contributed by atoms with Crippen molar-refractivity contribution >= 4 is 17.7 Å². The van der Waals surface area contributed by atoms with Crippen molar-refractivity contribution in [1.29, 1.82) is 0 Å². The molecule has 11 heteroatoms. The van der Waals surface area contributed by atoms with E-state index in [2.05, 4.69) is 26.3 Å². The van der Waals surface area contributed by atoms with Crippen LogP contribution in [0.2, 0.25) is 0 Å². The van der Waals surface area contributed by atoms with Gasteiger partial charge in [-0.15, -0.1) is 10.2 Å². The van der Waals surface area contributed by atoms with Gasteiger partial charge in [0.05, 0.1) is 5.75 Å². The van der Waals surface area contributed by atoms with Crippen LogP contribution in [0.3, 0.4) is 0 Å².